The third-order valence-corrected chi connectivity index (χ3v) is 2.44. The molecule has 0 fully saturated rings. The Morgan fingerprint density at radius 2 is 2.00 bits per heavy atom. The van der Waals surface area contributed by atoms with Crippen LogP contribution in [-0.2, 0) is 4.84 Å². The summed E-state index contributed by atoms with van der Waals surface area (Å²) in [6, 6.07) is 3.67. The molecule has 5 nitrogen and oxygen atoms in total. The first kappa shape index (κ1) is 10.9. The average molecular weight is 239 g/mol. The Labute approximate surface area is 97.9 Å². The van der Waals surface area contributed by atoms with E-state index >= 15 is 0 Å². The van der Waals surface area contributed by atoms with Crippen LogP contribution >= 0.6 is 11.6 Å². The first-order valence-corrected chi connectivity index (χ1v) is 5.06. The van der Waals surface area contributed by atoms with Crippen molar-refractivity contribution in [1.29, 1.82) is 0 Å². The van der Waals surface area contributed by atoms with Gasteiger partial charge in [-0.1, -0.05) is 11.6 Å². The van der Waals surface area contributed by atoms with Gasteiger partial charge in [-0.3, -0.25) is 10.3 Å². The van der Waals surface area contributed by atoms with Crippen LogP contribution in [0.25, 0.3) is 5.69 Å². The molecular weight excluding hydrogens is 228 g/mol. The molecule has 0 unspecified atom stereocenters. The summed E-state index contributed by atoms with van der Waals surface area (Å²) in [5.41, 5.74) is 5.32. The van der Waals surface area contributed by atoms with Gasteiger partial charge in [0.05, 0.1) is 30.2 Å². The van der Waals surface area contributed by atoms with Gasteiger partial charge in [-0.05, 0) is 24.6 Å². The summed E-state index contributed by atoms with van der Waals surface area (Å²) in [5.74, 6) is 0. The van der Waals surface area contributed by atoms with Crippen molar-refractivity contribution >= 4 is 17.3 Å². The van der Waals surface area contributed by atoms with Gasteiger partial charge < -0.3 is 0 Å². The normalized spacial score (nSPS) is 10.4. The van der Waals surface area contributed by atoms with Crippen LogP contribution in [0.3, 0.4) is 0 Å². The Balaban J connectivity index is 2.46. The molecule has 1 heterocycles. The molecule has 0 atom stereocenters. The van der Waals surface area contributed by atoms with Crippen molar-refractivity contribution in [2.45, 2.75) is 6.92 Å². The topological polar surface area (TPSA) is 52.0 Å². The van der Waals surface area contributed by atoms with Crippen molar-refractivity contribution in [1.82, 2.24) is 15.0 Å². The van der Waals surface area contributed by atoms with Gasteiger partial charge in [-0.15, -0.1) is 0 Å². The van der Waals surface area contributed by atoms with Gasteiger partial charge >= 0.3 is 0 Å². The van der Waals surface area contributed by atoms with Gasteiger partial charge in [0.25, 0.3) is 0 Å². The van der Waals surface area contributed by atoms with Crippen molar-refractivity contribution in [3.05, 3.63) is 35.1 Å². The smallest absolute Gasteiger partial charge is 0.105 e. The molecule has 1 aromatic heterocycles. The summed E-state index contributed by atoms with van der Waals surface area (Å²) in [6.45, 7) is 1.95. The Morgan fingerprint density at radius 3 is 2.62 bits per heavy atom. The standard InChI is InChI=1S/C10H11ClN4O/c1-7-5-10(15-12-3-4-13-15)8(11)6-9(7)14-16-2/h3-6,14H,1-2H3. The van der Waals surface area contributed by atoms with Gasteiger partial charge in [0.1, 0.15) is 5.69 Å². The SMILES string of the molecule is CONc1cc(Cl)c(-n2nccn2)cc1C. The molecule has 0 amide bonds. The minimum Gasteiger partial charge on any atom is -0.279 e. The summed E-state index contributed by atoms with van der Waals surface area (Å²) in [4.78, 5) is 6.33. The monoisotopic (exact) mass is 238 g/mol. The minimum absolute atomic E-state index is 0.557. The third-order valence-electron chi connectivity index (χ3n) is 2.14. The fourth-order valence-corrected chi connectivity index (χ4v) is 1.62. The average Bonchev–Trinajstić information content (AvgIpc) is 2.76. The molecule has 84 valence electrons. The maximum atomic E-state index is 6.13. The van der Waals surface area contributed by atoms with E-state index in [9.17, 15) is 0 Å². The molecule has 0 saturated carbocycles. The second-order valence-electron chi connectivity index (χ2n) is 3.24. The Morgan fingerprint density at radius 1 is 1.31 bits per heavy atom. The molecule has 1 aromatic carbocycles. The maximum absolute atomic E-state index is 6.13. The summed E-state index contributed by atoms with van der Waals surface area (Å²) >= 11 is 6.13. The van der Waals surface area contributed by atoms with Crippen LogP contribution in [0.15, 0.2) is 24.5 Å². The molecule has 0 aliphatic carbocycles. The number of rotatable bonds is 3. The zero-order chi connectivity index (χ0) is 11.5. The lowest BCUT2D eigenvalue weighted by Crippen LogP contribution is -2.03. The zero-order valence-electron chi connectivity index (χ0n) is 8.94. The number of hydrogen-bond donors (Lipinski definition) is 1. The maximum Gasteiger partial charge on any atom is 0.105 e. The molecule has 6 heteroatoms. The van der Waals surface area contributed by atoms with Gasteiger partial charge in [-0.2, -0.15) is 15.0 Å². The molecule has 16 heavy (non-hydrogen) atoms. The number of nitrogens with zero attached hydrogens (tertiary/aromatic N) is 3. The molecule has 0 spiro atoms. The molecule has 2 aromatic rings. The number of hydrogen-bond acceptors (Lipinski definition) is 4. The zero-order valence-corrected chi connectivity index (χ0v) is 9.69. The van der Waals surface area contributed by atoms with E-state index in [1.54, 1.807) is 25.6 Å². The highest BCUT2D eigenvalue weighted by Gasteiger charge is 2.08. The molecule has 0 aliphatic rings. The number of nitrogens with one attached hydrogen (secondary N) is 1. The minimum atomic E-state index is 0.557. The van der Waals surface area contributed by atoms with E-state index in [0.29, 0.717) is 5.02 Å². The molecule has 0 saturated heterocycles. The van der Waals surface area contributed by atoms with Crippen LogP contribution in [0.4, 0.5) is 5.69 Å². The summed E-state index contributed by atoms with van der Waals surface area (Å²) in [6.07, 6.45) is 3.21. The molecule has 0 bridgehead atoms. The Hall–Kier alpha value is -1.59. The second-order valence-corrected chi connectivity index (χ2v) is 3.65. The fourth-order valence-electron chi connectivity index (χ4n) is 1.38. The summed E-state index contributed by atoms with van der Waals surface area (Å²) in [7, 11) is 1.55. The summed E-state index contributed by atoms with van der Waals surface area (Å²) < 4.78 is 0. The number of halogens is 1. The van der Waals surface area contributed by atoms with E-state index in [1.807, 2.05) is 13.0 Å². The van der Waals surface area contributed by atoms with Crippen LogP contribution in [-0.4, -0.2) is 22.1 Å². The Bertz CT molecular complexity index is 484. The lowest BCUT2D eigenvalue weighted by Gasteiger charge is -2.10. The number of aryl methyl sites for hydroxylation is 1. The fraction of sp³-hybridized carbons (Fsp3) is 0.200. The number of anilines is 1. The molecular formula is C10H11ClN4O. The number of aromatic nitrogens is 3. The van der Waals surface area contributed by atoms with Crippen LogP contribution in [0.5, 0.6) is 0 Å². The van der Waals surface area contributed by atoms with Crippen LogP contribution in [0, 0.1) is 6.92 Å². The highest BCUT2D eigenvalue weighted by Crippen LogP contribution is 2.26. The quantitative estimate of drug-likeness (QED) is 0.833. The largest absolute Gasteiger partial charge is 0.279 e. The number of benzene rings is 1. The van der Waals surface area contributed by atoms with E-state index in [-0.39, 0.29) is 0 Å². The Kier molecular flexibility index (Phi) is 3.07. The van der Waals surface area contributed by atoms with E-state index in [1.165, 1.54) is 4.80 Å². The van der Waals surface area contributed by atoms with Crippen molar-refractivity contribution in [3.63, 3.8) is 0 Å². The van der Waals surface area contributed by atoms with Gasteiger partial charge in [0.15, 0.2) is 0 Å². The lowest BCUT2D eigenvalue weighted by atomic mass is 10.2. The third kappa shape index (κ3) is 2.00. The molecule has 0 radical (unpaired) electrons. The van der Waals surface area contributed by atoms with E-state index in [4.69, 9.17) is 16.4 Å². The highest BCUT2D eigenvalue weighted by atomic mass is 35.5. The first-order chi connectivity index (χ1) is 7.72. The van der Waals surface area contributed by atoms with Crippen LogP contribution in [0.2, 0.25) is 5.02 Å². The summed E-state index contributed by atoms with van der Waals surface area (Å²) in [5, 5.41) is 8.62. The van der Waals surface area contributed by atoms with Crippen molar-refractivity contribution < 1.29 is 4.84 Å². The molecule has 2 rings (SSSR count). The van der Waals surface area contributed by atoms with E-state index in [0.717, 1.165) is 16.9 Å². The van der Waals surface area contributed by atoms with Gasteiger partial charge in [-0.25, -0.2) is 0 Å². The van der Waals surface area contributed by atoms with Crippen molar-refractivity contribution in [2.75, 3.05) is 12.6 Å². The van der Waals surface area contributed by atoms with Crippen molar-refractivity contribution in [3.8, 4) is 5.69 Å². The van der Waals surface area contributed by atoms with E-state index < -0.39 is 0 Å². The van der Waals surface area contributed by atoms with Gasteiger partial charge in [0, 0.05) is 0 Å². The van der Waals surface area contributed by atoms with Gasteiger partial charge in [0.2, 0.25) is 0 Å². The molecule has 1 N–H and O–H groups in total. The van der Waals surface area contributed by atoms with E-state index in [2.05, 4.69) is 15.7 Å². The molecule has 0 aliphatic heterocycles. The predicted molar refractivity (Wildman–Crippen MR) is 61.7 cm³/mol. The highest BCUT2D eigenvalue weighted by molar-refractivity contribution is 6.32. The van der Waals surface area contributed by atoms with Crippen LogP contribution in [0.1, 0.15) is 5.56 Å². The first-order valence-electron chi connectivity index (χ1n) is 4.68. The van der Waals surface area contributed by atoms with Crippen molar-refractivity contribution in [2.24, 2.45) is 0 Å². The second kappa shape index (κ2) is 4.51. The lowest BCUT2D eigenvalue weighted by molar-refractivity contribution is 0.270. The predicted octanol–water partition coefficient (Wildman–Crippen LogP) is 2.20. The van der Waals surface area contributed by atoms with Crippen LogP contribution < -0.4 is 5.48 Å².